The van der Waals surface area contributed by atoms with Gasteiger partial charge in [-0.2, -0.15) is 0 Å². The Kier molecular flexibility index (Phi) is 9.54. The third-order valence-corrected chi connectivity index (χ3v) is 5.55. The van der Waals surface area contributed by atoms with Gasteiger partial charge in [0.2, 0.25) is 0 Å². The van der Waals surface area contributed by atoms with Crippen LogP contribution in [0.5, 0.6) is 5.75 Å². The Morgan fingerprint density at radius 1 is 0.889 bits per heavy atom. The minimum Gasteiger partial charge on any atom is -0.493 e. The lowest BCUT2D eigenvalue weighted by Gasteiger charge is -2.14. The number of anilines is 1. The van der Waals surface area contributed by atoms with Gasteiger partial charge < -0.3 is 10.1 Å². The Morgan fingerprint density at radius 3 is 2.33 bits per heavy atom. The molecule has 0 bridgehead atoms. The van der Waals surface area contributed by atoms with E-state index in [1.54, 1.807) is 54.6 Å². The Labute approximate surface area is 222 Å². The summed E-state index contributed by atoms with van der Waals surface area (Å²) in [5.41, 5.74) is 7.65. The lowest BCUT2D eigenvalue weighted by Crippen LogP contribution is -2.48. The van der Waals surface area contributed by atoms with Crippen molar-refractivity contribution in [1.82, 2.24) is 16.2 Å². The fraction of sp³-hybridized carbons (Fsp3) is 0.154. The molecule has 3 aromatic rings. The molecule has 0 spiro atoms. The Morgan fingerprint density at radius 2 is 1.64 bits per heavy atom. The third-order valence-electron chi connectivity index (χ3n) is 4.85. The monoisotopic (exact) mass is 568 g/mol. The first-order chi connectivity index (χ1) is 17.3. The van der Waals surface area contributed by atoms with Crippen LogP contribution in [0, 0.1) is 6.92 Å². The summed E-state index contributed by atoms with van der Waals surface area (Å²) >= 11 is 8.47. The zero-order valence-corrected chi connectivity index (χ0v) is 22.1. The summed E-state index contributed by atoms with van der Waals surface area (Å²) in [5.74, 6) is -0.772. The van der Waals surface area contributed by atoms with Gasteiger partial charge in [-0.15, -0.1) is 0 Å². The van der Waals surface area contributed by atoms with Gasteiger partial charge in [0.05, 0.1) is 12.2 Å². The van der Waals surface area contributed by atoms with Crippen molar-refractivity contribution >= 4 is 56.7 Å². The molecule has 10 heteroatoms. The molecule has 0 unspecified atom stereocenters. The normalized spacial score (nSPS) is 10.2. The lowest BCUT2D eigenvalue weighted by molar-refractivity contribution is 0.0933. The van der Waals surface area contributed by atoms with Crippen LogP contribution < -0.4 is 26.2 Å². The van der Waals surface area contributed by atoms with E-state index in [-0.39, 0.29) is 11.0 Å². The van der Waals surface area contributed by atoms with Gasteiger partial charge in [-0.1, -0.05) is 40.5 Å². The highest BCUT2D eigenvalue weighted by atomic mass is 79.9. The summed E-state index contributed by atoms with van der Waals surface area (Å²) in [6.07, 6.45) is 0.795. The van der Waals surface area contributed by atoms with Crippen molar-refractivity contribution < 1.29 is 19.1 Å². The van der Waals surface area contributed by atoms with Crippen LogP contribution in [0.15, 0.2) is 71.2 Å². The van der Waals surface area contributed by atoms with E-state index in [2.05, 4.69) is 37.4 Å². The first-order valence-electron chi connectivity index (χ1n) is 11.1. The van der Waals surface area contributed by atoms with Crippen LogP contribution in [0.2, 0.25) is 0 Å². The van der Waals surface area contributed by atoms with Crippen LogP contribution in [0.25, 0.3) is 0 Å². The van der Waals surface area contributed by atoms with Crippen molar-refractivity contribution in [3.8, 4) is 5.75 Å². The topological polar surface area (TPSA) is 109 Å². The molecule has 0 atom stereocenters. The second kappa shape index (κ2) is 12.8. The summed E-state index contributed by atoms with van der Waals surface area (Å²) in [4.78, 5) is 37.5. The van der Waals surface area contributed by atoms with Crippen molar-refractivity contribution in [2.24, 2.45) is 0 Å². The number of hydrogen-bond donors (Lipinski definition) is 4. The Balaban J connectivity index is 1.53. The number of rotatable bonds is 7. The van der Waals surface area contributed by atoms with Gasteiger partial charge in [0.1, 0.15) is 5.75 Å². The Bertz CT molecular complexity index is 1280. The first-order valence-corrected chi connectivity index (χ1v) is 12.3. The van der Waals surface area contributed by atoms with Crippen molar-refractivity contribution in [2.75, 3.05) is 11.9 Å². The standard InChI is InChI=1S/C26H25BrN4O4S/c1-3-13-35-22-12-9-19(27)15-21(22)25(34)29-26(36)31-30-24(33)17-7-10-20(11-8-17)28-23(32)18-6-4-5-16(2)14-18/h4-12,14-15H,3,13H2,1-2H3,(H,28,32)(H,30,33)(H2,29,31,34,36). The van der Waals surface area contributed by atoms with Gasteiger partial charge in [-0.05, 0) is 80.2 Å². The van der Waals surface area contributed by atoms with Crippen LogP contribution in [0.3, 0.4) is 0 Å². The molecule has 3 amide bonds. The predicted molar refractivity (Wildman–Crippen MR) is 146 cm³/mol. The number of aryl methyl sites for hydroxylation is 1. The molecule has 3 rings (SSSR count). The minimum absolute atomic E-state index is 0.0863. The summed E-state index contributed by atoms with van der Waals surface area (Å²) in [6, 6.07) is 18.7. The molecule has 0 aromatic heterocycles. The zero-order chi connectivity index (χ0) is 26.1. The molecule has 0 saturated heterocycles. The van der Waals surface area contributed by atoms with E-state index in [4.69, 9.17) is 17.0 Å². The molecule has 36 heavy (non-hydrogen) atoms. The fourth-order valence-electron chi connectivity index (χ4n) is 3.10. The van der Waals surface area contributed by atoms with Crippen molar-refractivity contribution in [2.45, 2.75) is 20.3 Å². The highest BCUT2D eigenvalue weighted by molar-refractivity contribution is 9.10. The van der Waals surface area contributed by atoms with Gasteiger partial charge >= 0.3 is 0 Å². The largest absolute Gasteiger partial charge is 0.493 e. The number of hydrogen-bond acceptors (Lipinski definition) is 5. The summed E-state index contributed by atoms with van der Waals surface area (Å²) < 4.78 is 6.33. The van der Waals surface area contributed by atoms with Crippen molar-refractivity contribution in [1.29, 1.82) is 0 Å². The molecule has 8 nitrogen and oxygen atoms in total. The summed E-state index contributed by atoms with van der Waals surface area (Å²) in [7, 11) is 0. The van der Waals surface area contributed by atoms with E-state index in [1.165, 1.54) is 0 Å². The maximum absolute atomic E-state index is 12.7. The molecule has 0 fully saturated rings. The number of hydrazine groups is 1. The van der Waals surface area contributed by atoms with Crippen molar-refractivity contribution in [3.63, 3.8) is 0 Å². The van der Waals surface area contributed by atoms with E-state index in [0.29, 0.717) is 39.2 Å². The number of carbonyl (C=O) groups is 3. The number of thiocarbonyl (C=S) groups is 1. The van der Waals surface area contributed by atoms with Crippen LogP contribution in [0.1, 0.15) is 50.0 Å². The molecule has 0 saturated carbocycles. The number of amides is 3. The summed E-state index contributed by atoms with van der Waals surface area (Å²) in [6.45, 7) is 4.35. The number of ether oxygens (including phenoxy) is 1. The fourth-order valence-corrected chi connectivity index (χ4v) is 3.60. The van der Waals surface area contributed by atoms with E-state index in [1.807, 2.05) is 26.0 Å². The van der Waals surface area contributed by atoms with Gasteiger partial charge in [0.15, 0.2) is 5.11 Å². The van der Waals surface area contributed by atoms with E-state index in [0.717, 1.165) is 12.0 Å². The third kappa shape index (κ3) is 7.62. The quantitative estimate of drug-likeness (QED) is 0.242. The van der Waals surface area contributed by atoms with Crippen LogP contribution in [0.4, 0.5) is 5.69 Å². The number of benzene rings is 3. The molecule has 3 aromatic carbocycles. The molecule has 0 heterocycles. The van der Waals surface area contributed by atoms with Gasteiger partial charge in [-0.25, -0.2) is 0 Å². The molecule has 0 radical (unpaired) electrons. The smallest absolute Gasteiger partial charge is 0.269 e. The number of nitrogens with one attached hydrogen (secondary N) is 4. The molecular formula is C26H25BrN4O4S. The highest BCUT2D eigenvalue weighted by Gasteiger charge is 2.15. The Hall–Kier alpha value is -3.76. The predicted octanol–water partition coefficient (Wildman–Crippen LogP) is 4.75. The molecule has 186 valence electrons. The van der Waals surface area contributed by atoms with E-state index < -0.39 is 11.8 Å². The average molecular weight is 569 g/mol. The first kappa shape index (κ1) is 26.8. The van der Waals surface area contributed by atoms with Crippen LogP contribution >= 0.6 is 28.1 Å². The maximum atomic E-state index is 12.7. The van der Waals surface area contributed by atoms with Crippen LogP contribution in [-0.2, 0) is 0 Å². The van der Waals surface area contributed by atoms with E-state index in [9.17, 15) is 14.4 Å². The number of halogens is 1. The zero-order valence-electron chi connectivity index (χ0n) is 19.7. The lowest BCUT2D eigenvalue weighted by atomic mass is 10.1. The molecule has 0 aliphatic heterocycles. The maximum Gasteiger partial charge on any atom is 0.269 e. The van der Waals surface area contributed by atoms with E-state index >= 15 is 0 Å². The van der Waals surface area contributed by atoms with Crippen molar-refractivity contribution in [3.05, 3.63) is 93.5 Å². The van der Waals surface area contributed by atoms with Gasteiger partial charge in [-0.3, -0.25) is 30.6 Å². The van der Waals surface area contributed by atoms with Crippen LogP contribution in [-0.4, -0.2) is 29.4 Å². The summed E-state index contributed by atoms with van der Waals surface area (Å²) in [5, 5.41) is 5.22. The van der Waals surface area contributed by atoms with Gasteiger partial charge in [0.25, 0.3) is 17.7 Å². The second-order valence-electron chi connectivity index (χ2n) is 7.75. The molecule has 4 N–H and O–H groups in total. The van der Waals surface area contributed by atoms with Gasteiger partial charge in [0, 0.05) is 21.3 Å². The average Bonchev–Trinajstić information content (AvgIpc) is 2.87. The number of carbonyl (C=O) groups excluding carboxylic acids is 3. The second-order valence-corrected chi connectivity index (χ2v) is 9.08. The molecular weight excluding hydrogens is 544 g/mol. The molecule has 0 aliphatic carbocycles. The highest BCUT2D eigenvalue weighted by Crippen LogP contribution is 2.23. The molecule has 0 aliphatic rings. The minimum atomic E-state index is -0.483. The SMILES string of the molecule is CCCOc1ccc(Br)cc1C(=O)NC(=S)NNC(=O)c1ccc(NC(=O)c2cccc(C)c2)cc1.